The van der Waals surface area contributed by atoms with E-state index in [-0.39, 0.29) is 11.0 Å². The lowest BCUT2D eigenvalue weighted by Gasteiger charge is -2.15. The first-order valence-corrected chi connectivity index (χ1v) is 8.72. The highest BCUT2D eigenvalue weighted by Gasteiger charge is 2.20. The second kappa shape index (κ2) is 6.68. The van der Waals surface area contributed by atoms with Crippen LogP contribution in [0.2, 0.25) is 0 Å². The molecular formula is C18H19N3O3S. The van der Waals surface area contributed by atoms with Crippen molar-refractivity contribution in [1.82, 2.24) is 9.97 Å². The quantitative estimate of drug-likeness (QED) is 0.697. The molecule has 130 valence electrons. The standard InChI is InChI=1S/C18H19N3O3S/c1-9(2)24-13-8-6-5-7-12(13)21-16-14-10(3)15(18(22)23)25-17(14)20-11(4)19-16/h5-9H,1-4H3,(H,22,23)(H,19,20,21). The van der Waals surface area contributed by atoms with E-state index in [1.54, 1.807) is 13.8 Å². The van der Waals surface area contributed by atoms with Gasteiger partial charge >= 0.3 is 5.97 Å². The molecule has 0 saturated carbocycles. The lowest BCUT2D eigenvalue weighted by atomic mass is 10.2. The normalized spacial score (nSPS) is 11.1. The molecular weight excluding hydrogens is 338 g/mol. The number of nitrogens with zero attached hydrogens (tertiary/aromatic N) is 2. The maximum Gasteiger partial charge on any atom is 0.346 e. The maximum atomic E-state index is 11.4. The third-order valence-corrected chi connectivity index (χ3v) is 4.77. The van der Waals surface area contributed by atoms with Crippen LogP contribution in [0.15, 0.2) is 24.3 Å². The highest BCUT2D eigenvalue weighted by atomic mass is 32.1. The molecule has 2 aromatic heterocycles. The zero-order valence-electron chi connectivity index (χ0n) is 14.5. The fourth-order valence-electron chi connectivity index (χ4n) is 2.59. The molecule has 3 aromatic rings. The Kier molecular flexibility index (Phi) is 4.59. The van der Waals surface area contributed by atoms with E-state index in [0.717, 1.165) is 22.4 Å². The number of fused-ring (bicyclic) bond motifs is 1. The average molecular weight is 357 g/mol. The zero-order valence-corrected chi connectivity index (χ0v) is 15.3. The van der Waals surface area contributed by atoms with Crippen molar-refractivity contribution in [1.29, 1.82) is 0 Å². The van der Waals surface area contributed by atoms with Crippen LogP contribution in [0, 0.1) is 13.8 Å². The second-order valence-corrected chi connectivity index (χ2v) is 6.95. The molecule has 2 N–H and O–H groups in total. The Morgan fingerprint density at radius 1 is 1.24 bits per heavy atom. The minimum absolute atomic E-state index is 0.0385. The van der Waals surface area contributed by atoms with Gasteiger partial charge in [0.15, 0.2) is 0 Å². The number of hydrogen-bond acceptors (Lipinski definition) is 6. The van der Waals surface area contributed by atoms with Crippen LogP contribution in [-0.4, -0.2) is 27.1 Å². The van der Waals surface area contributed by atoms with Gasteiger partial charge in [-0.3, -0.25) is 0 Å². The molecule has 0 aliphatic rings. The fourth-order valence-corrected chi connectivity index (χ4v) is 3.66. The van der Waals surface area contributed by atoms with Crippen molar-refractivity contribution < 1.29 is 14.6 Å². The molecule has 7 heteroatoms. The highest BCUT2D eigenvalue weighted by Crippen LogP contribution is 2.36. The number of ether oxygens (including phenoxy) is 1. The number of aryl methyl sites for hydroxylation is 2. The minimum atomic E-state index is -0.951. The SMILES string of the molecule is Cc1nc(Nc2ccccc2OC(C)C)c2c(C)c(C(=O)O)sc2n1. The third kappa shape index (κ3) is 3.41. The Morgan fingerprint density at radius 2 is 1.96 bits per heavy atom. The number of para-hydroxylation sites is 2. The zero-order chi connectivity index (χ0) is 18.1. The Morgan fingerprint density at radius 3 is 2.64 bits per heavy atom. The molecule has 0 unspecified atom stereocenters. The lowest BCUT2D eigenvalue weighted by molar-refractivity contribution is 0.0701. The number of carboxylic acid groups (broad SMARTS) is 1. The van der Waals surface area contributed by atoms with Crippen molar-refractivity contribution in [3.8, 4) is 5.75 Å². The van der Waals surface area contributed by atoms with Gasteiger partial charge in [-0.05, 0) is 45.4 Å². The van der Waals surface area contributed by atoms with Crippen LogP contribution >= 0.6 is 11.3 Å². The molecule has 0 atom stereocenters. The van der Waals surface area contributed by atoms with E-state index in [1.807, 2.05) is 38.1 Å². The fraction of sp³-hybridized carbons (Fsp3) is 0.278. The van der Waals surface area contributed by atoms with Gasteiger partial charge in [0.05, 0.1) is 17.2 Å². The first-order chi connectivity index (χ1) is 11.9. The average Bonchev–Trinajstić information content (AvgIpc) is 2.85. The Bertz CT molecular complexity index is 950. The third-order valence-electron chi connectivity index (χ3n) is 3.60. The molecule has 0 bridgehead atoms. The van der Waals surface area contributed by atoms with Gasteiger partial charge in [0, 0.05) is 0 Å². The number of rotatable bonds is 5. The molecule has 2 heterocycles. The molecule has 0 saturated heterocycles. The Labute approximate surface area is 149 Å². The van der Waals surface area contributed by atoms with Gasteiger partial charge in [-0.15, -0.1) is 11.3 Å². The van der Waals surface area contributed by atoms with Gasteiger partial charge in [-0.1, -0.05) is 12.1 Å². The summed E-state index contributed by atoms with van der Waals surface area (Å²) >= 11 is 1.16. The van der Waals surface area contributed by atoms with Crippen LogP contribution < -0.4 is 10.1 Å². The van der Waals surface area contributed by atoms with Crippen LogP contribution in [0.3, 0.4) is 0 Å². The van der Waals surface area contributed by atoms with Gasteiger partial charge in [-0.2, -0.15) is 0 Å². The number of aromatic carboxylic acids is 1. The summed E-state index contributed by atoms with van der Waals surface area (Å²) in [6.45, 7) is 7.50. The van der Waals surface area contributed by atoms with E-state index in [0.29, 0.717) is 27.8 Å². The number of carbonyl (C=O) groups is 1. The van der Waals surface area contributed by atoms with Gasteiger partial charge in [0.25, 0.3) is 0 Å². The van der Waals surface area contributed by atoms with Crippen LogP contribution in [0.25, 0.3) is 10.2 Å². The van der Waals surface area contributed by atoms with E-state index in [2.05, 4.69) is 15.3 Å². The van der Waals surface area contributed by atoms with E-state index in [4.69, 9.17) is 4.74 Å². The van der Waals surface area contributed by atoms with E-state index < -0.39 is 5.97 Å². The molecule has 0 amide bonds. The first-order valence-electron chi connectivity index (χ1n) is 7.90. The molecule has 0 aliphatic carbocycles. The van der Waals surface area contributed by atoms with Crippen molar-refractivity contribution >= 4 is 39.0 Å². The summed E-state index contributed by atoms with van der Waals surface area (Å²) in [6, 6.07) is 7.60. The molecule has 0 radical (unpaired) electrons. The lowest BCUT2D eigenvalue weighted by Crippen LogP contribution is -2.08. The summed E-state index contributed by atoms with van der Waals surface area (Å²) in [5.74, 6) is 0.930. The number of benzene rings is 1. The number of nitrogens with one attached hydrogen (secondary N) is 1. The Balaban J connectivity index is 2.12. The van der Waals surface area contributed by atoms with Crippen molar-refractivity contribution in [3.05, 3.63) is 40.5 Å². The van der Waals surface area contributed by atoms with Crippen molar-refractivity contribution in [2.45, 2.75) is 33.8 Å². The minimum Gasteiger partial charge on any atom is -0.489 e. The molecule has 0 spiro atoms. The molecule has 25 heavy (non-hydrogen) atoms. The van der Waals surface area contributed by atoms with E-state index >= 15 is 0 Å². The number of thiophene rings is 1. The summed E-state index contributed by atoms with van der Waals surface area (Å²) in [5, 5.41) is 13.4. The molecule has 1 aromatic carbocycles. The predicted octanol–water partition coefficient (Wildman–Crippen LogP) is 4.54. The van der Waals surface area contributed by atoms with Crippen LogP contribution in [0.1, 0.15) is 34.9 Å². The van der Waals surface area contributed by atoms with E-state index in [9.17, 15) is 9.90 Å². The van der Waals surface area contributed by atoms with Crippen LogP contribution in [0.4, 0.5) is 11.5 Å². The second-order valence-electron chi connectivity index (χ2n) is 5.95. The van der Waals surface area contributed by atoms with E-state index in [1.165, 1.54) is 0 Å². The van der Waals surface area contributed by atoms with Gasteiger partial charge < -0.3 is 15.2 Å². The number of anilines is 2. The largest absolute Gasteiger partial charge is 0.489 e. The number of carboxylic acids is 1. The smallest absolute Gasteiger partial charge is 0.346 e. The maximum absolute atomic E-state index is 11.4. The number of hydrogen-bond donors (Lipinski definition) is 2. The predicted molar refractivity (Wildman–Crippen MR) is 99.3 cm³/mol. The van der Waals surface area contributed by atoms with Crippen LogP contribution in [0.5, 0.6) is 5.75 Å². The molecule has 0 aliphatic heterocycles. The summed E-state index contributed by atoms with van der Waals surface area (Å²) in [6.07, 6.45) is 0.0385. The van der Waals surface area contributed by atoms with Gasteiger partial charge in [0.2, 0.25) is 0 Å². The van der Waals surface area contributed by atoms with Gasteiger partial charge in [-0.25, -0.2) is 14.8 Å². The number of aromatic nitrogens is 2. The molecule has 6 nitrogen and oxygen atoms in total. The van der Waals surface area contributed by atoms with Crippen molar-refractivity contribution in [3.63, 3.8) is 0 Å². The summed E-state index contributed by atoms with van der Waals surface area (Å²) in [7, 11) is 0. The Hall–Kier alpha value is -2.67. The summed E-state index contributed by atoms with van der Waals surface area (Å²) in [4.78, 5) is 21.3. The van der Waals surface area contributed by atoms with Crippen molar-refractivity contribution in [2.75, 3.05) is 5.32 Å². The topological polar surface area (TPSA) is 84.3 Å². The summed E-state index contributed by atoms with van der Waals surface area (Å²) in [5.41, 5.74) is 1.44. The molecule has 3 rings (SSSR count). The van der Waals surface area contributed by atoms with Crippen molar-refractivity contribution in [2.24, 2.45) is 0 Å². The highest BCUT2D eigenvalue weighted by molar-refractivity contribution is 7.20. The molecule has 0 fully saturated rings. The monoisotopic (exact) mass is 357 g/mol. The summed E-state index contributed by atoms with van der Waals surface area (Å²) < 4.78 is 5.84. The van der Waals surface area contributed by atoms with Gasteiger partial charge in [0.1, 0.15) is 27.1 Å². The van der Waals surface area contributed by atoms with Crippen LogP contribution in [-0.2, 0) is 0 Å². The first kappa shape index (κ1) is 17.2.